The molecule has 2 aromatic heterocycles. The lowest BCUT2D eigenvalue weighted by Gasteiger charge is -2.12. The zero-order valence-corrected chi connectivity index (χ0v) is 20.3. The highest BCUT2D eigenvalue weighted by atomic mass is 35.5. The molecule has 10 nitrogen and oxygen atoms in total. The molecule has 0 saturated heterocycles. The molecule has 0 atom stereocenters. The smallest absolute Gasteiger partial charge is 0.258 e. The topological polar surface area (TPSA) is 119 Å². The highest BCUT2D eigenvalue weighted by molar-refractivity contribution is 6.38. The van der Waals surface area contributed by atoms with Crippen LogP contribution in [0, 0.1) is 6.92 Å². The Kier molecular flexibility index (Phi) is 6.60. The van der Waals surface area contributed by atoms with Gasteiger partial charge in [-0.3, -0.25) is 9.89 Å². The number of carbonyl (C=O) groups is 1. The standard InChI is InChI=1S/C23H26ClN7O3/c1-12(2)25-19(32)11-34-17-9-6-14(10-18(17)33-5)22-27-23(31(4)30-22)26-16-8-7-15-20(21(16)24)13(3)28-29-15/h6-10,12H,11H2,1-5H3,(H,25,32)(H,28,29)(H,26,27,30). The van der Waals surface area contributed by atoms with E-state index >= 15 is 0 Å². The molecular weight excluding hydrogens is 458 g/mol. The predicted octanol–water partition coefficient (Wildman–Crippen LogP) is 3.98. The number of amides is 1. The number of anilines is 2. The van der Waals surface area contributed by atoms with Gasteiger partial charge in [0.2, 0.25) is 5.95 Å². The Morgan fingerprint density at radius 2 is 2.03 bits per heavy atom. The van der Waals surface area contributed by atoms with E-state index in [-0.39, 0.29) is 18.6 Å². The van der Waals surface area contributed by atoms with Gasteiger partial charge in [0, 0.05) is 29.7 Å². The quantitative estimate of drug-likeness (QED) is 0.347. The van der Waals surface area contributed by atoms with E-state index in [0.717, 1.165) is 22.2 Å². The van der Waals surface area contributed by atoms with Gasteiger partial charge >= 0.3 is 0 Å². The lowest BCUT2D eigenvalue weighted by atomic mass is 10.2. The molecule has 0 bridgehead atoms. The first-order valence-electron chi connectivity index (χ1n) is 10.7. The minimum atomic E-state index is -0.203. The summed E-state index contributed by atoms with van der Waals surface area (Å²) in [5.74, 6) is 1.73. The van der Waals surface area contributed by atoms with Crippen LogP contribution in [0.4, 0.5) is 11.6 Å². The fourth-order valence-corrected chi connectivity index (χ4v) is 3.83. The zero-order valence-electron chi connectivity index (χ0n) is 19.6. The molecule has 0 aliphatic carbocycles. The number of aromatic nitrogens is 5. The molecule has 0 fully saturated rings. The molecule has 2 aromatic carbocycles. The second-order valence-corrected chi connectivity index (χ2v) is 8.43. The van der Waals surface area contributed by atoms with Crippen molar-refractivity contribution < 1.29 is 14.3 Å². The number of halogens is 1. The summed E-state index contributed by atoms with van der Waals surface area (Å²) in [5.41, 5.74) is 3.11. The SMILES string of the molecule is COc1cc(-c2nc(Nc3ccc4n[nH]c(C)c4c3Cl)n(C)n2)ccc1OCC(=O)NC(C)C. The van der Waals surface area contributed by atoms with Crippen LogP contribution in [-0.4, -0.2) is 50.6 Å². The second kappa shape index (κ2) is 9.60. The molecular formula is C23H26ClN7O3. The van der Waals surface area contributed by atoms with E-state index < -0.39 is 0 Å². The van der Waals surface area contributed by atoms with E-state index in [1.807, 2.05) is 39.0 Å². The largest absolute Gasteiger partial charge is 0.493 e. The normalized spacial score (nSPS) is 11.1. The van der Waals surface area contributed by atoms with E-state index in [9.17, 15) is 4.79 Å². The van der Waals surface area contributed by atoms with Gasteiger partial charge in [-0.2, -0.15) is 10.1 Å². The summed E-state index contributed by atoms with van der Waals surface area (Å²) in [7, 11) is 3.32. The number of fused-ring (bicyclic) bond motifs is 1. The van der Waals surface area contributed by atoms with Crippen LogP contribution in [0.2, 0.25) is 5.02 Å². The maximum atomic E-state index is 11.9. The second-order valence-electron chi connectivity index (χ2n) is 8.05. The van der Waals surface area contributed by atoms with Crippen molar-refractivity contribution in [1.82, 2.24) is 30.3 Å². The Bertz CT molecular complexity index is 1350. The molecule has 0 saturated carbocycles. The zero-order chi connectivity index (χ0) is 24.4. The summed E-state index contributed by atoms with van der Waals surface area (Å²) < 4.78 is 12.7. The molecule has 178 valence electrons. The molecule has 3 N–H and O–H groups in total. The monoisotopic (exact) mass is 483 g/mol. The van der Waals surface area contributed by atoms with Gasteiger partial charge in [0.15, 0.2) is 23.9 Å². The molecule has 11 heteroatoms. The van der Waals surface area contributed by atoms with Gasteiger partial charge in [0.1, 0.15) is 0 Å². The van der Waals surface area contributed by atoms with Crippen molar-refractivity contribution in [2.75, 3.05) is 19.0 Å². The van der Waals surface area contributed by atoms with E-state index in [4.69, 9.17) is 21.1 Å². The molecule has 1 amide bonds. The van der Waals surface area contributed by atoms with Crippen LogP contribution in [-0.2, 0) is 11.8 Å². The van der Waals surface area contributed by atoms with Crippen molar-refractivity contribution in [3.63, 3.8) is 0 Å². The number of nitrogens with zero attached hydrogens (tertiary/aromatic N) is 4. The summed E-state index contributed by atoms with van der Waals surface area (Å²) >= 11 is 6.61. The molecule has 0 aliphatic rings. The number of rotatable bonds is 8. The maximum Gasteiger partial charge on any atom is 0.258 e. The number of ether oxygens (including phenoxy) is 2. The number of hydrogen-bond acceptors (Lipinski definition) is 7. The Balaban J connectivity index is 1.55. The van der Waals surface area contributed by atoms with E-state index in [1.165, 1.54) is 7.11 Å². The number of H-pyrrole nitrogens is 1. The maximum absolute atomic E-state index is 11.9. The van der Waals surface area contributed by atoms with E-state index in [1.54, 1.807) is 23.9 Å². The number of aromatic amines is 1. The van der Waals surface area contributed by atoms with Crippen molar-refractivity contribution >= 4 is 40.0 Å². The molecule has 34 heavy (non-hydrogen) atoms. The van der Waals surface area contributed by atoms with Crippen molar-refractivity contribution in [2.24, 2.45) is 7.05 Å². The Morgan fingerprint density at radius 3 is 2.76 bits per heavy atom. The first kappa shape index (κ1) is 23.4. The number of nitrogens with one attached hydrogen (secondary N) is 3. The van der Waals surface area contributed by atoms with Crippen molar-refractivity contribution in [3.05, 3.63) is 41.0 Å². The Morgan fingerprint density at radius 1 is 1.24 bits per heavy atom. The van der Waals surface area contributed by atoms with Crippen LogP contribution in [0.1, 0.15) is 19.5 Å². The van der Waals surface area contributed by atoms with Gasteiger partial charge in [-0.05, 0) is 51.1 Å². The van der Waals surface area contributed by atoms with Crippen molar-refractivity contribution in [2.45, 2.75) is 26.8 Å². The summed E-state index contributed by atoms with van der Waals surface area (Å²) in [4.78, 5) is 16.5. The van der Waals surface area contributed by atoms with Crippen LogP contribution >= 0.6 is 11.6 Å². The van der Waals surface area contributed by atoms with E-state index in [2.05, 4.69) is 30.9 Å². The minimum Gasteiger partial charge on any atom is -0.493 e. The summed E-state index contributed by atoms with van der Waals surface area (Å²) in [6.45, 7) is 5.59. The van der Waals surface area contributed by atoms with Gasteiger partial charge in [-0.15, -0.1) is 5.10 Å². The molecule has 0 aliphatic heterocycles. The fraction of sp³-hybridized carbons (Fsp3) is 0.304. The van der Waals surface area contributed by atoms with Crippen LogP contribution in [0.25, 0.3) is 22.3 Å². The molecule has 4 aromatic rings. The van der Waals surface area contributed by atoms with Crippen LogP contribution in [0.3, 0.4) is 0 Å². The number of hydrogen-bond donors (Lipinski definition) is 3. The van der Waals surface area contributed by atoms with Crippen LogP contribution < -0.4 is 20.1 Å². The van der Waals surface area contributed by atoms with Crippen molar-refractivity contribution in [1.29, 1.82) is 0 Å². The molecule has 2 heterocycles. The minimum absolute atomic E-state index is 0.0407. The molecule has 4 rings (SSSR count). The molecule has 0 unspecified atom stereocenters. The average Bonchev–Trinajstić information content (AvgIpc) is 3.36. The lowest BCUT2D eigenvalue weighted by Crippen LogP contribution is -2.34. The van der Waals surface area contributed by atoms with Gasteiger partial charge < -0.3 is 20.1 Å². The van der Waals surface area contributed by atoms with Gasteiger partial charge in [-0.25, -0.2) is 4.68 Å². The van der Waals surface area contributed by atoms with Crippen LogP contribution in [0.15, 0.2) is 30.3 Å². The average molecular weight is 484 g/mol. The van der Waals surface area contributed by atoms with Gasteiger partial charge in [0.25, 0.3) is 5.91 Å². The van der Waals surface area contributed by atoms with Gasteiger partial charge in [0.05, 0.1) is 23.3 Å². The third-order valence-corrected chi connectivity index (χ3v) is 5.47. The summed E-state index contributed by atoms with van der Waals surface area (Å²) in [6, 6.07) is 9.08. The Labute approximate surface area is 201 Å². The fourth-order valence-electron chi connectivity index (χ4n) is 3.48. The van der Waals surface area contributed by atoms with E-state index in [0.29, 0.717) is 34.0 Å². The lowest BCUT2D eigenvalue weighted by molar-refractivity contribution is -0.123. The Hall–Kier alpha value is -3.79. The highest BCUT2D eigenvalue weighted by Gasteiger charge is 2.16. The molecule has 0 radical (unpaired) electrons. The number of aryl methyl sites for hydroxylation is 2. The summed E-state index contributed by atoms with van der Waals surface area (Å²) in [5, 5.41) is 19.1. The predicted molar refractivity (Wildman–Crippen MR) is 131 cm³/mol. The third kappa shape index (κ3) is 4.76. The third-order valence-electron chi connectivity index (χ3n) is 5.08. The number of benzene rings is 2. The van der Waals surface area contributed by atoms with Crippen molar-refractivity contribution in [3.8, 4) is 22.9 Å². The molecule has 0 spiro atoms. The first-order valence-corrected chi connectivity index (χ1v) is 11.1. The number of methoxy groups -OCH3 is 1. The van der Waals surface area contributed by atoms with Crippen LogP contribution in [0.5, 0.6) is 11.5 Å². The summed E-state index contributed by atoms with van der Waals surface area (Å²) in [6.07, 6.45) is 0. The first-order chi connectivity index (χ1) is 16.3. The highest BCUT2D eigenvalue weighted by Crippen LogP contribution is 2.35. The van der Waals surface area contributed by atoms with Gasteiger partial charge in [-0.1, -0.05) is 11.6 Å². The number of carbonyl (C=O) groups excluding carboxylic acids is 1.